The van der Waals surface area contributed by atoms with Gasteiger partial charge in [0, 0.05) is 37.9 Å². The molecule has 0 spiro atoms. The quantitative estimate of drug-likeness (QED) is 0.299. The first-order chi connectivity index (χ1) is 13.2. The van der Waals surface area contributed by atoms with E-state index >= 15 is 0 Å². The van der Waals surface area contributed by atoms with Crippen molar-refractivity contribution in [2.24, 2.45) is 4.99 Å². The highest BCUT2D eigenvalue weighted by Gasteiger charge is 2.03. The van der Waals surface area contributed by atoms with Crippen LogP contribution in [0, 0.1) is 0 Å². The molecule has 154 valence electrons. The molecule has 1 heterocycles. The van der Waals surface area contributed by atoms with E-state index in [2.05, 4.69) is 65.6 Å². The lowest BCUT2D eigenvalue weighted by Crippen LogP contribution is -2.38. The lowest BCUT2D eigenvalue weighted by molar-refractivity contribution is 0.296. The van der Waals surface area contributed by atoms with Gasteiger partial charge in [0.1, 0.15) is 0 Å². The molecule has 0 fully saturated rings. The van der Waals surface area contributed by atoms with E-state index in [1.54, 1.807) is 0 Å². The monoisotopic (exact) mass is 495 g/mol. The van der Waals surface area contributed by atoms with Crippen molar-refractivity contribution in [2.75, 3.05) is 26.2 Å². The number of hydrogen-bond donors (Lipinski definition) is 2. The van der Waals surface area contributed by atoms with E-state index in [1.807, 2.05) is 24.4 Å². The minimum atomic E-state index is 0. The predicted molar refractivity (Wildman–Crippen MR) is 129 cm³/mol. The molecule has 0 aliphatic heterocycles. The first kappa shape index (κ1) is 24.4. The summed E-state index contributed by atoms with van der Waals surface area (Å²) in [6.07, 6.45) is 2.71. The van der Waals surface area contributed by atoms with Crippen LogP contribution in [0.4, 0.5) is 0 Å². The third-order valence-electron chi connectivity index (χ3n) is 4.46. The fourth-order valence-electron chi connectivity index (χ4n) is 2.90. The van der Waals surface area contributed by atoms with Gasteiger partial charge in [-0.2, -0.15) is 0 Å². The molecule has 0 amide bonds. The summed E-state index contributed by atoms with van der Waals surface area (Å²) in [5.41, 5.74) is 3.67. The number of pyridine rings is 1. The van der Waals surface area contributed by atoms with Crippen molar-refractivity contribution in [3.8, 4) is 0 Å². The average Bonchev–Trinajstić information content (AvgIpc) is 2.71. The van der Waals surface area contributed by atoms with E-state index in [0.29, 0.717) is 6.54 Å². The second-order valence-corrected chi connectivity index (χ2v) is 6.47. The lowest BCUT2D eigenvalue weighted by atomic mass is 10.1. The van der Waals surface area contributed by atoms with Crippen LogP contribution in [0.5, 0.6) is 0 Å². The molecule has 1 aromatic heterocycles. The van der Waals surface area contributed by atoms with Crippen molar-refractivity contribution >= 4 is 29.9 Å². The molecule has 0 aliphatic rings. The largest absolute Gasteiger partial charge is 0.357 e. The minimum absolute atomic E-state index is 0. The molecule has 6 heteroatoms. The minimum Gasteiger partial charge on any atom is -0.357 e. The molecular weight excluding hydrogens is 461 g/mol. The molecule has 0 unspecified atom stereocenters. The third-order valence-corrected chi connectivity index (χ3v) is 4.46. The Morgan fingerprint density at radius 1 is 1.00 bits per heavy atom. The van der Waals surface area contributed by atoms with Gasteiger partial charge in [0.05, 0.1) is 6.54 Å². The maximum atomic E-state index is 4.74. The number of nitrogens with zero attached hydrogens (tertiary/aromatic N) is 3. The molecule has 2 aromatic rings. The Balaban J connectivity index is 0.00000392. The molecule has 0 atom stereocenters. The Bertz CT molecular complexity index is 686. The second-order valence-electron chi connectivity index (χ2n) is 6.47. The average molecular weight is 495 g/mol. The number of hydrogen-bond acceptors (Lipinski definition) is 3. The molecule has 0 aliphatic carbocycles. The Hall–Kier alpha value is -1.67. The van der Waals surface area contributed by atoms with Gasteiger partial charge < -0.3 is 10.6 Å². The number of aromatic nitrogens is 1. The Kier molecular flexibility index (Phi) is 12.5. The van der Waals surface area contributed by atoms with Crippen molar-refractivity contribution in [3.05, 3.63) is 65.5 Å². The van der Waals surface area contributed by atoms with E-state index < -0.39 is 0 Å². The topological polar surface area (TPSA) is 52.6 Å². The number of rotatable bonds is 10. The van der Waals surface area contributed by atoms with Crippen LogP contribution in [0.3, 0.4) is 0 Å². The summed E-state index contributed by atoms with van der Waals surface area (Å²) in [4.78, 5) is 11.5. The van der Waals surface area contributed by atoms with Gasteiger partial charge in [-0.15, -0.1) is 24.0 Å². The molecule has 0 bridgehead atoms. The highest BCUT2D eigenvalue weighted by molar-refractivity contribution is 14.0. The number of halogens is 1. The first-order valence-corrected chi connectivity index (χ1v) is 9.97. The zero-order valence-corrected chi connectivity index (χ0v) is 19.6. The summed E-state index contributed by atoms with van der Waals surface area (Å²) in [5, 5.41) is 6.71. The second kappa shape index (κ2) is 14.3. The van der Waals surface area contributed by atoms with Gasteiger partial charge in [-0.25, -0.2) is 4.99 Å². The van der Waals surface area contributed by atoms with Crippen LogP contribution in [-0.2, 0) is 19.5 Å². The van der Waals surface area contributed by atoms with Crippen molar-refractivity contribution < 1.29 is 0 Å². The summed E-state index contributed by atoms with van der Waals surface area (Å²) in [6.45, 7) is 12.0. The van der Waals surface area contributed by atoms with Crippen LogP contribution < -0.4 is 10.6 Å². The molecule has 0 saturated carbocycles. The maximum Gasteiger partial charge on any atom is 0.191 e. The fraction of sp³-hybridized carbons (Fsp3) is 0.455. The summed E-state index contributed by atoms with van der Waals surface area (Å²) in [7, 11) is 0. The standard InChI is InChI=1S/C22H33N5.HI/c1-4-23-22(25-15-13-21-12-7-8-14-24-21)26-17-19-10-9-11-20(16-19)18-27(5-2)6-3;/h7-12,14,16H,4-6,13,15,17-18H2,1-3H3,(H2,23,25,26);1H. The number of aliphatic imine (C=N–C) groups is 1. The van der Waals surface area contributed by atoms with Crippen molar-refractivity contribution in [1.82, 2.24) is 20.5 Å². The molecule has 0 radical (unpaired) electrons. The van der Waals surface area contributed by atoms with E-state index in [1.165, 1.54) is 11.1 Å². The Morgan fingerprint density at radius 2 is 1.79 bits per heavy atom. The summed E-state index contributed by atoms with van der Waals surface area (Å²) in [6, 6.07) is 14.7. The molecular formula is C22H34IN5. The molecule has 2 rings (SSSR count). The first-order valence-electron chi connectivity index (χ1n) is 9.97. The van der Waals surface area contributed by atoms with Gasteiger partial charge in [0.2, 0.25) is 0 Å². The van der Waals surface area contributed by atoms with E-state index in [4.69, 9.17) is 4.99 Å². The van der Waals surface area contributed by atoms with E-state index in [9.17, 15) is 0 Å². The van der Waals surface area contributed by atoms with E-state index in [0.717, 1.165) is 50.8 Å². The van der Waals surface area contributed by atoms with Crippen LogP contribution in [0.15, 0.2) is 53.7 Å². The molecule has 5 nitrogen and oxygen atoms in total. The van der Waals surface area contributed by atoms with Gasteiger partial charge in [-0.1, -0.05) is 44.2 Å². The van der Waals surface area contributed by atoms with Crippen LogP contribution in [0.1, 0.15) is 37.6 Å². The maximum absolute atomic E-state index is 4.74. The lowest BCUT2D eigenvalue weighted by Gasteiger charge is -2.18. The molecule has 2 N–H and O–H groups in total. The predicted octanol–water partition coefficient (Wildman–Crippen LogP) is 3.84. The van der Waals surface area contributed by atoms with Crippen LogP contribution in [0.2, 0.25) is 0 Å². The summed E-state index contributed by atoms with van der Waals surface area (Å²) >= 11 is 0. The number of nitrogens with one attached hydrogen (secondary N) is 2. The van der Waals surface area contributed by atoms with Gasteiger partial charge in [0.15, 0.2) is 5.96 Å². The Morgan fingerprint density at radius 3 is 2.46 bits per heavy atom. The van der Waals surface area contributed by atoms with Crippen molar-refractivity contribution in [1.29, 1.82) is 0 Å². The Labute approximate surface area is 187 Å². The van der Waals surface area contributed by atoms with E-state index in [-0.39, 0.29) is 24.0 Å². The molecule has 0 saturated heterocycles. The molecule has 28 heavy (non-hydrogen) atoms. The summed E-state index contributed by atoms with van der Waals surface area (Å²) in [5.74, 6) is 0.850. The SMILES string of the molecule is CCNC(=NCc1cccc(CN(CC)CC)c1)NCCc1ccccn1.I. The zero-order valence-electron chi connectivity index (χ0n) is 17.3. The summed E-state index contributed by atoms with van der Waals surface area (Å²) < 4.78 is 0. The van der Waals surface area contributed by atoms with Gasteiger partial charge in [0.25, 0.3) is 0 Å². The molecule has 1 aromatic carbocycles. The number of guanidine groups is 1. The number of benzene rings is 1. The third kappa shape index (κ3) is 9.01. The normalized spacial score (nSPS) is 11.2. The highest BCUT2D eigenvalue weighted by atomic mass is 127. The van der Waals surface area contributed by atoms with Gasteiger partial charge in [-0.05, 0) is 43.3 Å². The fourth-order valence-corrected chi connectivity index (χ4v) is 2.90. The van der Waals surface area contributed by atoms with Crippen LogP contribution in [-0.4, -0.2) is 42.0 Å². The van der Waals surface area contributed by atoms with Crippen LogP contribution in [0.25, 0.3) is 0 Å². The van der Waals surface area contributed by atoms with Gasteiger partial charge >= 0.3 is 0 Å². The van der Waals surface area contributed by atoms with Crippen molar-refractivity contribution in [3.63, 3.8) is 0 Å². The smallest absolute Gasteiger partial charge is 0.191 e. The van der Waals surface area contributed by atoms with Gasteiger partial charge in [-0.3, -0.25) is 9.88 Å². The van der Waals surface area contributed by atoms with Crippen LogP contribution >= 0.6 is 24.0 Å². The zero-order chi connectivity index (χ0) is 19.3. The van der Waals surface area contributed by atoms with Crippen molar-refractivity contribution in [2.45, 2.75) is 40.3 Å². The highest BCUT2D eigenvalue weighted by Crippen LogP contribution is 2.09.